The van der Waals surface area contributed by atoms with Gasteiger partial charge in [0.25, 0.3) is 0 Å². The van der Waals surface area contributed by atoms with Crippen molar-refractivity contribution < 1.29 is 0 Å². The molecule has 0 amide bonds. The van der Waals surface area contributed by atoms with Gasteiger partial charge in [0.05, 0.1) is 0 Å². The molecule has 2 N–H and O–H groups in total. The van der Waals surface area contributed by atoms with Crippen molar-refractivity contribution in [2.75, 3.05) is 18.0 Å². The lowest BCUT2D eigenvalue weighted by Crippen LogP contribution is -2.22. The molecule has 2 rings (SSSR count). The lowest BCUT2D eigenvalue weighted by molar-refractivity contribution is 0.805. The van der Waals surface area contributed by atoms with Gasteiger partial charge < -0.3 is 10.6 Å². The molecule has 4 nitrogen and oxygen atoms in total. The van der Waals surface area contributed by atoms with E-state index in [1.165, 1.54) is 5.56 Å². The van der Waals surface area contributed by atoms with Crippen molar-refractivity contribution in [3.8, 4) is 0 Å². The summed E-state index contributed by atoms with van der Waals surface area (Å²) in [5, 5.41) is 0. The maximum atomic E-state index is 5.63. The highest BCUT2D eigenvalue weighted by molar-refractivity contribution is 5.60. The van der Waals surface area contributed by atoms with Crippen LogP contribution in [0, 0.1) is 13.8 Å². The van der Waals surface area contributed by atoms with Crippen LogP contribution in [0.1, 0.15) is 17.8 Å². The van der Waals surface area contributed by atoms with E-state index in [1.54, 1.807) is 6.20 Å². The standard InChI is InChI=1S/C15H20N4/c1-12-5-3-6-14(11-12)19(10-4-8-16)15-7-9-17-13(2)18-15/h3,5-7,9,11H,4,8,10,16H2,1-2H3. The van der Waals surface area contributed by atoms with Crippen LogP contribution in [0.25, 0.3) is 0 Å². The van der Waals surface area contributed by atoms with Crippen LogP contribution in [0.15, 0.2) is 36.5 Å². The second kappa shape index (κ2) is 6.29. The Kier molecular flexibility index (Phi) is 4.47. The van der Waals surface area contributed by atoms with E-state index in [0.717, 1.165) is 30.3 Å². The van der Waals surface area contributed by atoms with Crippen LogP contribution in [0.3, 0.4) is 0 Å². The van der Waals surface area contributed by atoms with Crippen LogP contribution in [0.2, 0.25) is 0 Å². The van der Waals surface area contributed by atoms with Crippen molar-refractivity contribution in [2.45, 2.75) is 20.3 Å². The molecular weight excluding hydrogens is 236 g/mol. The van der Waals surface area contributed by atoms with E-state index in [9.17, 15) is 0 Å². The zero-order chi connectivity index (χ0) is 13.7. The third kappa shape index (κ3) is 3.51. The second-order valence-electron chi connectivity index (χ2n) is 4.59. The van der Waals surface area contributed by atoms with Gasteiger partial charge in [-0.1, -0.05) is 12.1 Å². The molecule has 4 heteroatoms. The first-order valence-electron chi connectivity index (χ1n) is 6.54. The molecule has 1 aromatic carbocycles. The average molecular weight is 256 g/mol. The predicted molar refractivity (Wildman–Crippen MR) is 78.6 cm³/mol. The summed E-state index contributed by atoms with van der Waals surface area (Å²) in [6.07, 6.45) is 2.72. The monoisotopic (exact) mass is 256 g/mol. The zero-order valence-electron chi connectivity index (χ0n) is 11.5. The number of aryl methyl sites for hydroxylation is 2. The summed E-state index contributed by atoms with van der Waals surface area (Å²) in [6, 6.07) is 10.4. The Balaban J connectivity index is 2.35. The molecule has 0 bridgehead atoms. The quantitative estimate of drug-likeness (QED) is 0.893. The minimum absolute atomic E-state index is 0.673. The second-order valence-corrected chi connectivity index (χ2v) is 4.59. The number of rotatable bonds is 5. The van der Waals surface area contributed by atoms with Crippen molar-refractivity contribution in [1.29, 1.82) is 0 Å². The molecule has 0 aliphatic heterocycles. The maximum Gasteiger partial charge on any atom is 0.136 e. The summed E-state index contributed by atoms with van der Waals surface area (Å²) >= 11 is 0. The zero-order valence-corrected chi connectivity index (χ0v) is 11.5. The Morgan fingerprint density at radius 3 is 2.74 bits per heavy atom. The highest BCUT2D eigenvalue weighted by Gasteiger charge is 2.10. The van der Waals surface area contributed by atoms with Crippen molar-refractivity contribution >= 4 is 11.5 Å². The Morgan fingerprint density at radius 2 is 2.05 bits per heavy atom. The third-order valence-electron chi connectivity index (χ3n) is 2.94. The van der Waals surface area contributed by atoms with Gasteiger partial charge in [0.2, 0.25) is 0 Å². The summed E-state index contributed by atoms with van der Waals surface area (Å²) in [6.45, 7) is 5.53. The van der Waals surface area contributed by atoms with Gasteiger partial charge in [0, 0.05) is 18.4 Å². The fraction of sp³-hybridized carbons (Fsp3) is 0.333. The van der Waals surface area contributed by atoms with E-state index < -0.39 is 0 Å². The van der Waals surface area contributed by atoms with E-state index >= 15 is 0 Å². The Hall–Kier alpha value is -1.94. The normalized spacial score (nSPS) is 10.5. The molecular formula is C15H20N4. The van der Waals surface area contributed by atoms with Crippen LogP contribution in [0.4, 0.5) is 11.5 Å². The molecule has 2 aromatic rings. The minimum atomic E-state index is 0.673. The highest BCUT2D eigenvalue weighted by Crippen LogP contribution is 2.24. The molecule has 1 heterocycles. The predicted octanol–water partition coefficient (Wildman–Crippen LogP) is 2.58. The van der Waals surface area contributed by atoms with E-state index in [2.05, 4.69) is 46.1 Å². The van der Waals surface area contributed by atoms with Gasteiger partial charge in [-0.25, -0.2) is 9.97 Å². The Bertz CT molecular complexity index is 494. The molecule has 0 spiro atoms. The minimum Gasteiger partial charge on any atom is -0.330 e. The van der Waals surface area contributed by atoms with E-state index in [0.29, 0.717) is 6.54 Å². The van der Waals surface area contributed by atoms with Crippen LogP contribution in [-0.2, 0) is 0 Å². The first-order valence-corrected chi connectivity index (χ1v) is 6.54. The van der Waals surface area contributed by atoms with Crippen LogP contribution in [0.5, 0.6) is 0 Å². The van der Waals surface area contributed by atoms with Gasteiger partial charge in [-0.2, -0.15) is 0 Å². The molecule has 0 unspecified atom stereocenters. The first-order chi connectivity index (χ1) is 9.20. The van der Waals surface area contributed by atoms with E-state index in [-0.39, 0.29) is 0 Å². The maximum absolute atomic E-state index is 5.63. The summed E-state index contributed by atoms with van der Waals surface area (Å²) in [4.78, 5) is 10.8. The van der Waals surface area contributed by atoms with Gasteiger partial charge in [0.1, 0.15) is 11.6 Å². The van der Waals surface area contributed by atoms with Gasteiger partial charge in [0.15, 0.2) is 0 Å². The van der Waals surface area contributed by atoms with Crippen LogP contribution in [-0.4, -0.2) is 23.1 Å². The molecule has 0 saturated heterocycles. The highest BCUT2D eigenvalue weighted by atomic mass is 15.2. The number of aromatic nitrogens is 2. The SMILES string of the molecule is Cc1cccc(N(CCCN)c2ccnc(C)n2)c1. The smallest absolute Gasteiger partial charge is 0.136 e. The molecule has 0 fully saturated rings. The fourth-order valence-electron chi connectivity index (χ4n) is 2.02. The van der Waals surface area contributed by atoms with E-state index in [1.807, 2.05) is 13.0 Å². The molecule has 0 radical (unpaired) electrons. The van der Waals surface area contributed by atoms with Crippen molar-refractivity contribution in [2.24, 2.45) is 5.73 Å². The van der Waals surface area contributed by atoms with E-state index in [4.69, 9.17) is 5.73 Å². The topological polar surface area (TPSA) is 55.0 Å². The number of nitrogens with zero attached hydrogens (tertiary/aromatic N) is 3. The summed E-state index contributed by atoms with van der Waals surface area (Å²) < 4.78 is 0. The summed E-state index contributed by atoms with van der Waals surface area (Å²) in [5.41, 5.74) is 8.02. The van der Waals surface area contributed by atoms with Gasteiger partial charge in [-0.3, -0.25) is 0 Å². The van der Waals surface area contributed by atoms with Crippen molar-refractivity contribution in [3.63, 3.8) is 0 Å². The molecule has 0 atom stereocenters. The van der Waals surface area contributed by atoms with Crippen LogP contribution < -0.4 is 10.6 Å². The first kappa shape index (κ1) is 13.5. The fourth-order valence-corrected chi connectivity index (χ4v) is 2.02. The molecule has 1 aromatic heterocycles. The third-order valence-corrected chi connectivity index (χ3v) is 2.94. The summed E-state index contributed by atoms with van der Waals surface area (Å²) in [7, 11) is 0. The Morgan fingerprint density at radius 1 is 1.21 bits per heavy atom. The van der Waals surface area contributed by atoms with Crippen molar-refractivity contribution in [3.05, 3.63) is 47.9 Å². The number of hydrogen-bond acceptors (Lipinski definition) is 4. The Labute approximate surface area is 114 Å². The summed E-state index contributed by atoms with van der Waals surface area (Å²) in [5.74, 6) is 1.70. The molecule has 0 aliphatic carbocycles. The number of anilines is 2. The van der Waals surface area contributed by atoms with Crippen LogP contribution >= 0.6 is 0 Å². The molecule has 0 saturated carbocycles. The molecule has 100 valence electrons. The lowest BCUT2D eigenvalue weighted by Gasteiger charge is -2.24. The molecule has 0 aliphatic rings. The van der Waals surface area contributed by atoms with Gasteiger partial charge >= 0.3 is 0 Å². The van der Waals surface area contributed by atoms with Crippen molar-refractivity contribution in [1.82, 2.24) is 9.97 Å². The number of nitrogens with two attached hydrogens (primary N) is 1. The van der Waals surface area contributed by atoms with Gasteiger partial charge in [-0.05, 0) is 50.6 Å². The molecule has 19 heavy (non-hydrogen) atoms. The average Bonchev–Trinajstić information content (AvgIpc) is 2.39. The van der Waals surface area contributed by atoms with Gasteiger partial charge in [-0.15, -0.1) is 0 Å². The number of benzene rings is 1. The number of hydrogen-bond donors (Lipinski definition) is 1. The lowest BCUT2D eigenvalue weighted by atomic mass is 10.2. The largest absolute Gasteiger partial charge is 0.330 e.